The molecule has 0 saturated carbocycles. The minimum atomic E-state index is -1.36. The van der Waals surface area contributed by atoms with Crippen LogP contribution in [0.2, 0.25) is 0 Å². The van der Waals surface area contributed by atoms with Crippen LogP contribution in [0.15, 0.2) is 42.5 Å². The summed E-state index contributed by atoms with van der Waals surface area (Å²) in [6, 6.07) is 12.1. The van der Waals surface area contributed by atoms with Crippen LogP contribution in [0.3, 0.4) is 0 Å². The Morgan fingerprint density at radius 3 is 2.50 bits per heavy atom. The van der Waals surface area contributed by atoms with Crippen molar-refractivity contribution < 1.29 is 24.9 Å². The maximum absolute atomic E-state index is 11.7. The molecular weight excluding hydrogens is 336 g/mol. The van der Waals surface area contributed by atoms with Crippen molar-refractivity contribution in [3.63, 3.8) is 0 Å². The second kappa shape index (κ2) is 9.42. The second-order valence-corrected chi connectivity index (χ2v) is 5.50. The van der Waals surface area contributed by atoms with Gasteiger partial charge in [-0.25, -0.2) is 0 Å². The molecule has 0 aliphatic carbocycles. The van der Waals surface area contributed by atoms with Crippen molar-refractivity contribution in [1.29, 1.82) is 5.26 Å². The molecule has 1 unspecified atom stereocenters. The number of carbonyl (C=O) groups is 1. The second-order valence-electron chi connectivity index (χ2n) is 5.50. The molecule has 0 radical (unpaired) electrons. The zero-order valence-electron chi connectivity index (χ0n) is 14.0. The Hall–Kier alpha value is -3.08. The predicted octanol–water partition coefficient (Wildman–Crippen LogP) is 0.367. The van der Waals surface area contributed by atoms with Crippen LogP contribution in [0, 0.1) is 11.3 Å². The molecule has 2 aromatic carbocycles. The number of carbonyl (C=O) groups excluding carboxylic acids is 1. The highest BCUT2D eigenvalue weighted by Crippen LogP contribution is 2.29. The van der Waals surface area contributed by atoms with Gasteiger partial charge in [-0.1, -0.05) is 6.07 Å². The van der Waals surface area contributed by atoms with Crippen molar-refractivity contribution in [3.8, 4) is 11.8 Å². The van der Waals surface area contributed by atoms with Gasteiger partial charge in [0.2, 0.25) is 0 Å². The number of anilines is 1. The highest BCUT2D eigenvalue weighted by atomic mass is 16.5. The predicted molar refractivity (Wildman–Crippen MR) is 92.3 cm³/mol. The highest BCUT2D eigenvalue weighted by molar-refractivity contribution is 5.79. The Morgan fingerprint density at radius 1 is 1.19 bits per heavy atom. The summed E-state index contributed by atoms with van der Waals surface area (Å²) in [5, 5.41) is 41.5. The Balaban J connectivity index is 2.37. The number of nitrogens with zero attached hydrogens (tertiary/aromatic N) is 1. The molecule has 0 aliphatic heterocycles. The highest BCUT2D eigenvalue weighted by Gasteiger charge is 2.19. The van der Waals surface area contributed by atoms with Gasteiger partial charge in [0, 0.05) is 17.9 Å². The maximum Gasteiger partial charge on any atom is 0.125 e. The maximum atomic E-state index is 11.7. The summed E-state index contributed by atoms with van der Waals surface area (Å²) in [5.41, 5.74) is 2.02. The number of nitriles is 1. The Bertz CT molecular complexity index is 784. The van der Waals surface area contributed by atoms with Gasteiger partial charge in [-0.2, -0.15) is 5.26 Å². The van der Waals surface area contributed by atoms with Gasteiger partial charge < -0.3 is 30.2 Å². The number of hydrogen-bond donors (Lipinski definition) is 3. The molecule has 26 heavy (non-hydrogen) atoms. The summed E-state index contributed by atoms with van der Waals surface area (Å²) in [6.07, 6.45) is 0.365. The van der Waals surface area contributed by atoms with Crippen molar-refractivity contribution in [3.05, 3.63) is 59.2 Å². The summed E-state index contributed by atoms with van der Waals surface area (Å²) >= 11 is 0. The van der Waals surface area contributed by atoms with Crippen LogP contribution in [0.4, 0.5) is 5.69 Å². The molecule has 0 spiro atoms. The summed E-state index contributed by atoms with van der Waals surface area (Å²) in [6.45, 7) is -0.269. The number of benzene rings is 2. The summed E-state index contributed by atoms with van der Waals surface area (Å²) < 4.78 is 5.44. The van der Waals surface area contributed by atoms with E-state index in [9.17, 15) is 9.90 Å². The minimum Gasteiger partial charge on any atom is -0.548 e. The van der Waals surface area contributed by atoms with Crippen molar-refractivity contribution >= 4 is 11.7 Å². The number of aliphatic hydroxyl groups excluding tert-OH is 2. The average Bonchev–Trinajstić information content (AvgIpc) is 2.65. The molecule has 0 heterocycles. The number of carboxylic acid groups (broad SMARTS) is 1. The zero-order valence-corrected chi connectivity index (χ0v) is 14.0. The molecule has 136 valence electrons. The van der Waals surface area contributed by atoms with Gasteiger partial charge in [-0.3, -0.25) is 0 Å². The molecule has 0 aliphatic rings. The quantitative estimate of drug-likeness (QED) is 0.593. The van der Waals surface area contributed by atoms with Gasteiger partial charge in [-0.05, 0) is 48.4 Å². The molecule has 1 atom stereocenters. The lowest BCUT2D eigenvalue weighted by Crippen LogP contribution is -2.34. The van der Waals surface area contributed by atoms with Gasteiger partial charge >= 0.3 is 0 Å². The van der Waals surface area contributed by atoms with Crippen LogP contribution in [-0.2, 0) is 11.2 Å². The van der Waals surface area contributed by atoms with E-state index in [2.05, 4.69) is 5.32 Å². The zero-order chi connectivity index (χ0) is 18.9. The molecule has 0 aromatic heterocycles. The van der Waals surface area contributed by atoms with Crippen molar-refractivity contribution in [1.82, 2.24) is 0 Å². The normalized spacial score (nSPS) is 11.4. The molecule has 0 saturated heterocycles. The third-order valence-corrected chi connectivity index (χ3v) is 3.70. The van der Waals surface area contributed by atoms with Gasteiger partial charge in [-0.15, -0.1) is 0 Å². The number of aliphatic carboxylic acids is 1. The first-order valence-electron chi connectivity index (χ1n) is 8.04. The van der Waals surface area contributed by atoms with Crippen LogP contribution < -0.4 is 15.2 Å². The Kier molecular flexibility index (Phi) is 6.97. The molecular formula is C19H19N2O5-. The summed E-state index contributed by atoms with van der Waals surface area (Å²) in [7, 11) is 0. The van der Waals surface area contributed by atoms with Gasteiger partial charge in [0.1, 0.15) is 12.4 Å². The summed E-state index contributed by atoms with van der Waals surface area (Å²) in [4.78, 5) is 11.7. The molecule has 2 rings (SSSR count). The lowest BCUT2D eigenvalue weighted by molar-refractivity contribution is -0.307. The van der Waals surface area contributed by atoms with Crippen molar-refractivity contribution in [2.45, 2.75) is 12.5 Å². The lowest BCUT2D eigenvalue weighted by Gasteiger charge is -2.24. The van der Waals surface area contributed by atoms with Gasteiger partial charge in [0.15, 0.2) is 0 Å². The number of ether oxygens (including phenoxy) is 1. The largest absolute Gasteiger partial charge is 0.548 e. The fourth-order valence-corrected chi connectivity index (χ4v) is 2.47. The van der Waals surface area contributed by atoms with E-state index in [0.717, 1.165) is 5.56 Å². The van der Waals surface area contributed by atoms with E-state index < -0.39 is 12.0 Å². The Labute approximate surface area is 151 Å². The number of carboxylic acids is 1. The van der Waals surface area contributed by atoms with Crippen molar-refractivity contribution in [2.75, 3.05) is 25.1 Å². The first kappa shape index (κ1) is 19.2. The van der Waals surface area contributed by atoms with E-state index in [-0.39, 0.29) is 19.8 Å². The molecule has 2 aromatic rings. The van der Waals surface area contributed by atoms with Crippen LogP contribution in [-0.4, -0.2) is 36.0 Å². The van der Waals surface area contributed by atoms with Gasteiger partial charge in [0.05, 0.1) is 30.3 Å². The first-order valence-corrected chi connectivity index (χ1v) is 8.04. The smallest absolute Gasteiger partial charge is 0.125 e. The molecule has 7 nitrogen and oxygen atoms in total. The molecule has 0 fully saturated rings. The van der Waals surface area contributed by atoms with E-state index in [4.69, 9.17) is 20.2 Å². The SMILES string of the molecule is N#Cc1ccc(NC(C(=O)[O-])c2cc(CCO)ccc2OCCO)cc1. The van der Waals surface area contributed by atoms with E-state index in [1.807, 2.05) is 6.07 Å². The topological polar surface area (TPSA) is 126 Å². The number of aliphatic hydroxyl groups is 2. The third-order valence-electron chi connectivity index (χ3n) is 3.70. The average molecular weight is 355 g/mol. The molecule has 0 amide bonds. The van der Waals surface area contributed by atoms with Crippen LogP contribution >= 0.6 is 0 Å². The van der Waals surface area contributed by atoms with E-state index >= 15 is 0 Å². The molecule has 7 heteroatoms. The van der Waals surface area contributed by atoms with E-state index in [0.29, 0.717) is 29.0 Å². The lowest BCUT2D eigenvalue weighted by atomic mass is 10.0. The third kappa shape index (κ3) is 4.96. The van der Waals surface area contributed by atoms with E-state index in [1.165, 1.54) is 0 Å². The summed E-state index contributed by atoms with van der Waals surface area (Å²) in [5.74, 6) is -1.06. The van der Waals surface area contributed by atoms with E-state index in [1.54, 1.807) is 42.5 Å². The van der Waals surface area contributed by atoms with Crippen molar-refractivity contribution in [2.24, 2.45) is 0 Å². The number of nitrogens with one attached hydrogen (secondary N) is 1. The monoisotopic (exact) mass is 355 g/mol. The Morgan fingerprint density at radius 2 is 1.92 bits per heavy atom. The fourth-order valence-electron chi connectivity index (χ4n) is 2.47. The van der Waals surface area contributed by atoms with Crippen LogP contribution in [0.5, 0.6) is 5.75 Å². The first-order chi connectivity index (χ1) is 12.6. The van der Waals surface area contributed by atoms with Gasteiger partial charge in [0.25, 0.3) is 0 Å². The van der Waals surface area contributed by atoms with Crippen LogP contribution in [0.1, 0.15) is 22.7 Å². The number of rotatable bonds is 9. The molecule has 3 N–H and O–H groups in total. The standard InChI is InChI=1S/C19H20N2O5/c20-12-14-1-4-15(5-2-14)21-18(19(24)25)16-11-13(7-8-22)3-6-17(16)26-10-9-23/h1-6,11,18,21-23H,7-10H2,(H,24,25)/p-1. The molecule has 0 bridgehead atoms. The number of hydrogen-bond acceptors (Lipinski definition) is 7. The fraction of sp³-hybridized carbons (Fsp3) is 0.263. The van der Waals surface area contributed by atoms with Crippen LogP contribution in [0.25, 0.3) is 0 Å². The minimum absolute atomic E-state index is 0.0168.